The first-order chi connectivity index (χ1) is 31.2. The zero-order chi connectivity index (χ0) is 46.6. The van der Waals surface area contributed by atoms with Crippen LogP contribution in [0.15, 0.2) is 104 Å². The maximum Gasteiger partial charge on any atom is 0.341 e. The van der Waals surface area contributed by atoms with Crippen LogP contribution < -0.4 is 14.2 Å². The molecule has 4 aromatic rings. The predicted molar refractivity (Wildman–Crippen MR) is 256 cm³/mol. The third kappa shape index (κ3) is 12.5. The van der Waals surface area contributed by atoms with Crippen molar-refractivity contribution in [3.8, 4) is 17.2 Å². The average molecular weight is 911 g/mol. The molecule has 0 radical (unpaired) electrons. The Morgan fingerprint density at radius 3 is 2.06 bits per heavy atom. The van der Waals surface area contributed by atoms with E-state index in [0.717, 1.165) is 43.2 Å². The number of carbonyl (C=O) groups excluding carboxylic acids is 1. The summed E-state index contributed by atoms with van der Waals surface area (Å²) in [5.74, 6) is -0.491. The van der Waals surface area contributed by atoms with Gasteiger partial charge < -0.3 is 47.1 Å². The molecule has 1 saturated heterocycles. The Labute approximate surface area is 387 Å². The van der Waals surface area contributed by atoms with Crippen LogP contribution in [0.4, 0.5) is 0 Å². The molecule has 1 saturated carbocycles. The smallest absolute Gasteiger partial charge is 0.341 e. The number of carbonyl (C=O) groups is 1. The first-order valence-electron chi connectivity index (χ1n) is 22.9. The summed E-state index contributed by atoms with van der Waals surface area (Å²) < 4.78 is 64.3. The van der Waals surface area contributed by atoms with Crippen LogP contribution in [0.2, 0.25) is 18.1 Å². The largest absolute Gasteiger partial charge is 0.489 e. The van der Waals surface area contributed by atoms with Gasteiger partial charge in [-0.1, -0.05) is 107 Å². The molecule has 1 heterocycles. The summed E-state index contributed by atoms with van der Waals surface area (Å²) in [5.41, 5.74) is 2.82. The average Bonchev–Trinajstić information content (AvgIpc) is 3.61. The summed E-state index contributed by atoms with van der Waals surface area (Å²) in [5, 5.41) is 1.10. The van der Waals surface area contributed by atoms with Crippen molar-refractivity contribution in [3.05, 3.63) is 126 Å². The highest BCUT2D eigenvalue weighted by molar-refractivity contribution is 6.74. The highest BCUT2D eigenvalue weighted by Crippen LogP contribution is 2.47. The topological polar surface area (TPSA) is 109 Å². The minimum atomic E-state index is -2.44. The predicted octanol–water partition coefficient (Wildman–Crippen LogP) is 11.5. The number of hydrogen-bond acceptors (Lipinski definition) is 11. The van der Waals surface area contributed by atoms with Crippen LogP contribution in [-0.2, 0) is 52.5 Å². The van der Waals surface area contributed by atoms with Gasteiger partial charge in [-0.2, -0.15) is 0 Å². The first kappa shape index (κ1) is 49.9. The number of methoxy groups -OCH3 is 2. The van der Waals surface area contributed by atoms with Crippen LogP contribution in [0.25, 0.3) is 10.8 Å². The van der Waals surface area contributed by atoms with Crippen LogP contribution in [0, 0.1) is 5.92 Å². The van der Waals surface area contributed by atoms with Gasteiger partial charge in [0.15, 0.2) is 27.7 Å². The van der Waals surface area contributed by atoms with E-state index in [1.807, 2.05) is 78.9 Å². The molecular formula is C53H70O11Si. The van der Waals surface area contributed by atoms with Gasteiger partial charge in [0, 0.05) is 31.9 Å². The van der Waals surface area contributed by atoms with E-state index in [-0.39, 0.29) is 48.6 Å². The third-order valence-corrected chi connectivity index (χ3v) is 17.4. The van der Waals surface area contributed by atoms with Crippen molar-refractivity contribution in [3.63, 3.8) is 0 Å². The van der Waals surface area contributed by atoms with Gasteiger partial charge in [-0.15, -0.1) is 6.58 Å². The Morgan fingerprint density at radius 2 is 1.49 bits per heavy atom. The van der Waals surface area contributed by atoms with Crippen LogP contribution >= 0.6 is 0 Å². The normalized spacial score (nSPS) is 18.8. The van der Waals surface area contributed by atoms with Crippen molar-refractivity contribution in [2.45, 2.75) is 128 Å². The fourth-order valence-electron chi connectivity index (χ4n) is 8.57. The number of rotatable bonds is 23. The lowest BCUT2D eigenvalue weighted by Gasteiger charge is -2.44. The third-order valence-electron chi connectivity index (χ3n) is 12.9. The Kier molecular flexibility index (Phi) is 17.5. The van der Waals surface area contributed by atoms with Crippen molar-refractivity contribution < 1.29 is 51.9 Å². The quantitative estimate of drug-likeness (QED) is 0.0233. The van der Waals surface area contributed by atoms with Gasteiger partial charge in [0.1, 0.15) is 41.6 Å². The van der Waals surface area contributed by atoms with Crippen LogP contribution in [0.1, 0.15) is 86.8 Å². The molecule has 2 fully saturated rings. The van der Waals surface area contributed by atoms with E-state index in [9.17, 15) is 4.79 Å². The van der Waals surface area contributed by atoms with Crippen LogP contribution in [0.5, 0.6) is 17.2 Å². The molecule has 0 unspecified atom stereocenters. The SMILES string of the molecule is C=CCOc1cc(OCOCc2ccccc2)c2c(OCOCc3ccccc3)c(C(=O)OC)c(C[C@H](C=C)[C@H](OC)[C@@H](O[Si](C)(C)C(C)(C)C)[C@H]3OC4(CCCCC4)O[C@@H]3C)cc2c1. The number of esters is 1. The summed E-state index contributed by atoms with van der Waals surface area (Å²) in [6.45, 7) is 22.1. The molecule has 0 amide bonds. The highest BCUT2D eigenvalue weighted by Gasteiger charge is 2.54. The Bertz CT molecular complexity index is 2160. The second-order valence-electron chi connectivity index (χ2n) is 18.6. The molecule has 0 bridgehead atoms. The monoisotopic (exact) mass is 910 g/mol. The minimum absolute atomic E-state index is 0.0928. The standard InChI is InChI=1S/C53H70O11Si/c1-11-28-59-43-31-42-30-41(29-40(12-2)48(55-7)50(64-65(9,10)52(4,5)6)47-37(3)62-53(63-47)26-20-15-21-27-53)46(51(54)56-8)49(61-36-58-34-39-24-18-14-19-25-39)45(42)44(32-43)60-35-57-33-38-22-16-13-17-23-38/h11-14,16-19,22-25,30-32,37,40,47-48,50H,1-2,15,20-21,26-29,33-36H2,3-10H3/t37-,40+,47+,48+,50+/m1/s1. The van der Waals surface area contributed by atoms with E-state index < -0.39 is 38.4 Å². The number of ether oxygens (including phenoxy) is 9. The fraction of sp³-hybridized carbons (Fsp3) is 0.491. The lowest BCUT2D eigenvalue weighted by Crippen LogP contribution is -2.55. The van der Waals surface area contributed by atoms with Crippen molar-refractivity contribution in [2.75, 3.05) is 34.4 Å². The molecule has 1 spiro atoms. The maximum atomic E-state index is 14.3. The van der Waals surface area contributed by atoms with Gasteiger partial charge in [-0.3, -0.25) is 0 Å². The van der Waals surface area contributed by atoms with Gasteiger partial charge in [-0.25, -0.2) is 4.79 Å². The molecular weight excluding hydrogens is 841 g/mol. The first-order valence-corrected chi connectivity index (χ1v) is 25.8. The molecule has 5 atom stereocenters. The molecule has 0 N–H and O–H groups in total. The maximum absolute atomic E-state index is 14.3. The van der Waals surface area contributed by atoms with Crippen molar-refractivity contribution in [2.24, 2.45) is 5.92 Å². The molecule has 0 aromatic heterocycles. The highest BCUT2D eigenvalue weighted by atomic mass is 28.4. The summed E-state index contributed by atoms with van der Waals surface area (Å²) in [6, 6.07) is 25.3. The van der Waals surface area contributed by atoms with E-state index in [4.69, 9.17) is 47.1 Å². The van der Waals surface area contributed by atoms with Crippen molar-refractivity contribution >= 4 is 25.1 Å². The number of benzene rings is 4. The van der Waals surface area contributed by atoms with Gasteiger partial charge in [0.05, 0.1) is 37.9 Å². The van der Waals surface area contributed by atoms with E-state index in [1.54, 1.807) is 19.3 Å². The summed E-state index contributed by atoms with van der Waals surface area (Å²) >= 11 is 0. The molecule has 4 aromatic carbocycles. The second-order valence-corrected chi connectivity index (χ2v) is 23.3. The van der Waals surface area contributed by atoms with Crippen molar-refractivity contribution in [1.82, 2.24) is 0 Å². The van der Waals surface area contributed by atoms with Crippen LogP contribution in [-0.4, -0.2) is 78.9 Å². The second kappa shape index (κ2) is 22.8. The molecule has 6 rings (SSSR count). The molecule has 1 aliphatic heterocycles. The molecule has 65 heavy (non-hydrogen) atoms. The fourth-order valence-corrected chi connectivity index (χ4v) is 9.87. The Balaban J connectivity index is 1.44. The summed E-state index contributed by atoms with van der Waals surface area (Å²) in [7, 11) is 0.622. The van der Waals surface area contributed by atoms with Gasteiger partial charge in [-0.05, 0) is 78.5 Å². The molecule has 11 nitrogen and oxygen atoms in total. The van der Waals surface area contributed by atoms with E-state index in [1.165, 1.54) is 7.11 Å². The van der Waals surface area contributed by atoms with E-state index >= 15 is 0 Å². The van der Waals surface area contributed by atoms with Gasteiger partial charge >= 0.3 is 5.97 Å². The molecule has 352 valence electrons. The number of hydrogen-bond donors (Lipinski definition) is 0. The van der Waals surface area contributed by atoms with Gasteiger partial charge in [0.25, 0.3) is 0 Å². The van der Waals surface area contributed by atoms with Crippen LogP contribution in [0.3, 0.4) is 0 Å². The van der Waals surface area contributed by atoms with E-state index in [0.29, 0.717) is 47.5 Å². The van der Waals surface area contributed by atoms with Gasteiger partial charge in [0.2, 0.25) is 0 Å². The van der Waals surface area contributed by atoms with E-state index in [2.05, 4.69) is 53.9 Å². The Hall–Kier alpha value is -4.53. The molecule has 12 heteroatoms. The lowest BCUT2D eigenvalue weighted by atomic mass is 9.85. The molecule has 2 aliphatic rings. The zero-order valence-corrected chi connectivity index (χ0v) is 40.7. The molecule has 1 aliphatic carbocycles. The van der Waals surface area contributed by atoms with Crippen molar-refractivity contribution in [1.29, 1.82) is 0 Å². The summed E-state index contributed by atoms with van der Waals surface area (Å²) in [6.07, 6.45) is 7.02. The summed E-state index contributed by atoms with van der Waals surface area (Å²) in [4.78, 5) is 14.3. The zero-order valence-electron chi connectivity index (χ0n) is 39.7. The Morgan fingerprint density at radius 1 is 0.862 bits per heavy atom. The number of fused-ring (bicyclic) bond motifs is 1. The minimum Gasteiger partial charge on any atom is -0.489 e. The lowest BCUT2D eigenvalue weighted by molar-refractivity contribution is -0.204.